The molecule has 134 valence electrons. The van der Waals surface area contributed by atoms with Gasteiger partial charge in [0.05, 0.1) is 11.6 Å². The molecular weight excluding hydrogens is 306 g/mol. The molecule has 6 heteroatoms. The van der Waals surface area contributed by atoms with Gasteiger partial charge in [0.15, 0.2) is 0 Å². The van der Waals surface area contributed by atoms with E-state index in [4.69, 9.17) is 0 Å². The number of nitrogens with zero attached hydrogens (tertiary/aromatic N) is 2. The van der Waals surface area contributed by atoms with Crippen LogP contribution in [0.25, 0.3) is 0 Å². The molecule has 1 aliphatic carbocycles. The molecule has 1 saturated carbocycles. The van der Waals surface area contributed by atoms with E-state index in [9.17, 15) is 14.7 Å². The fourth-order valence-electron chi connectivity index (χ4n) is 3.86. The van der Waals surface area contributed by atoms with Gasteiger partial charge >= 0.3 is 5.97 Å². The Morgan fingerprint density at radius 1 is 1.38 bits per heavy atom. The molecule has 1 atom stereocenters. The minimum Gasteiger partial charge on any atom is -0.480 e. The Balaban J connectivity index is 2.18. The van der Waals surface area contributed by atoms with Crippen LogP contribution in [0.4, 0.5) is 0 Å². The second-order valence-corrected chi connectivity index (χ2v) is 7.16. The highest BCUT2D eigenvalue weighted by Gasteiger charge is 2.43. The second-order valence-electron chi connectivity index (χ2n) is 7.16. The first-order chi connectivity index (χ1) is 11.2. The summed E-state index contributed by atoms with van der Waals surface area (Å²) in [6.45, 7) is 7.76. The Labute approximate surface area is 143 Å². The van der Waals surface area contributed by atoms with Crippen LogP contribution < -0.4 is 5.32 Å². The van der Waals surface area contributed by atoms with E-state index in [0.29, 0.717) is 18.8 Å². The van der Waals surface area contributed by atoms with E-state index >= 15 is 0 Å². The van der Waals surface area contributed by atoms with Crippen LogP contribution in [0.1, 0.15) is 68.8 Å². The number of aromatic nitrogens is 2. The standard InChI is InChI=1S/C18H29N3O3/c1-6-14-7-9-18(10-8-14,17(23)24)19-16(22)11(2)15-12(3)20-21(5)13(15)4/h11,14H,6-10H2,1-5H3,(H,19,22)(H,23,24). The van der Waals surface area contributed by atoms with Crippen molar-refractivity contribution in [2.24, 2.45) is 13.0 Å². The van der Waals surface area contributed by atoms with Gasteiger partial charge in [-0.1, -0.05) is 13.3 Å². The minimum absolute atomic E-state index is 0.230. The third kappa shape index (κ3) is 3.32. The van der Waals surface area contributed by atoms with Crippen LogP contribution in [0.3, 0.4) is 0 Å². The first-order valence-corrected chi connectivity index (χ1v) is 8.77. The molecule has 1 aromatic heterocycles. The lowest BCUT2D eigenvalue weighted by atomic mass is 9.75. The Morgan fingerprint density at radius 3 is 2.38 bits per heavy atom. The monoisotopic (exact) mass is 335 g/mol. The maximum atomic E-state index is 12.8. The summed E-state index contributed by atoms with van der Waals surface area (Å²) in [5.74, 6) is -1.00. The first kappa shape index (κ1) is 18.5. The zero-order valence-electron chi connectivity index (χ0n) is 15.3. The lowest BCUT2D eigenvalue weighted by Crippen LogP contribution is -2.57. The third-order valence-corrected chi connectivity index (χ3v) is 5.70. The number of aliphatic carboxylic acids is 1. The fraction of sp³-hybridized carbons (Fsp3) is 0.722. The summed E-state index contributed by atoms with van der Waals surface area (Å²) >= 11 is 0. The molecule has 0 aromatic carbocycles. The maximum Gasteiger partial charge on any atom is 0.329 e. The number of carboxylic acid groups (broad SMARTS) is 1. The summed E-state index contributed by atoms with van der Waals surface area (Å²) in [5, 5.41) is 16.9. The number of amides is 1. The number of nitrogens with one attached hydrogen (secondary N) is 1. The van der Waals surface area contributed by atoms with Crippen LogP contribution in [-0.4, -0.2) is 32.3 Å². The number of rotatable bonds is 5. The molecule has 1 aliphatic rings. The second kappa shape index (κ2) is 6.95. The van der Waals surface area contributed by atoms with E-state index in [0.717, 1.165) is 36.2 Å². The topological polar surface area (TPSA) is 84.2 Å². The molecule has 0 aliphatic heterocycles. The van der Waals surface area contributed by atoms with Crippen molar-refractivity contribution >= 4 is 11.9 Å². The van der Waals surface area contributed by atoms with Crippen molar-refractivity contribution in [3.63, 3.8) is 0 Å². The average Bonchev–Trinajstić information content (AvgIpc) is 2.79. The van der Waals surface area contributed by atoms with Gasteiger partial charge in [0, 0.05) is 18.3 Å². The molecule has 2 rings (SSSR count). The van der Waals surface area contributed by atoms with Gasteiger partial charge in [0.1, 0.15) is 5.54 Å². The SMILES string of the molecule is CCC1CCC(NC(=O)C(C)c2c(C)nn(C)c2C)(C(=O)O)CC1. The number of aryl methyl sites for hydroxylation is 2. The van der Waals surface area contributed by atoms with Crippen molar-refractivity contribution in [1.29, 1.82) is 0 Å². The van der Waals surface area contributed by atoms with Gasteiger partial charge in [-0.25, -0.2) is 4.79 Å². The van der Waals surface area contributed by atoms with Crippen molar-refractivity contribution in [3.8, 4) is 0 Å². The first-order valence-electron chi connectivity index (χ1n) is 8.77. The third-order valence-electron chi connectivity index (χ3n) is 5.70. The Bertz CT molecular complexity index is 628. The van der Waals surface area contributed by atoms with Crippen LogP contribution in [-0.2, 0) is 16.6 Å². The Kier molecular flexibility index (Phi) is 5.35. The van der Waals surface area contributed by atoms with E-state index in [1.807, 2.05) is 27.8 Å². The zero-order valence-corrected chi connectivity index (χ0v) is 15.3. The molecule has 0 saturated heterocycles. The van der Waals surface area contributed by atoms with Crippen molar-refractivity contribution in [2.75, 3.05) is 0 Å². The van der Waals surface area contributed by atoms with Gasteiger partial charge < -0.3 is 10.4 Å². The van der Waals surface area contributed by atoms with E-state index in [2.05, 4.69) is 17.3 Å². The van der Waals surface area contributed by atoms with Crippen molar-refractivity contribution in [2.45, 2.75) is 71.3 Å². The molecule has 1 fully saturated rings. The van der Waals surface area contributed by atoms with Crippen LogP contribution in [0.15, 0.2) is 0 Å². The van der Waals surface area contributed by atoms with Gasteiger partial charge in [-0.2, -0.15) is 5.10 Å². The zero-order chi connectivity index (χ0) is 18.1. The summed E-state index contributed by atoms with van der Waals surface area (Å²) in [7, 11) is 1.85. The van der Waals surface area contributed by atoms with Crippen molar-refractivity contribution < 1.29 is 14.7 Å². The van der Waals surface area contributed by atoms with Crippen LogP contribution >= 0.6 is 0 Å². The highest BCUT2D eigenvalue weighted by Crippen LogP contribution is 2.35. The lowest BCUT2D eigenvalue weighted by molar-refractivity contribution is -0.150. The number of hydrogen-bond acceptors (Lipinski definition) is 3. The molecule has 24 heavy (non-hydrogen) atoms. The Morgan fingerprint density at radius 2 is 1.96 bits per heavy atom. The number of carboxylic acids is 1. The van der Waals surface area contributed by atoms with E-state index in [-0.39, 0.29) is 5.91 Å². The average molecular weight is 335 g/mol. The molecule has 2 N–H and O–H groups in total. The fourth-order valence-corrected chi connectivity index (χ4v) is 3.86. The van der Waals surface area contributed by atoms with Crippen LogP contribution in [0.2, 0.25) is 0 Å². The van der Waals surface area contributed by atoms with Gasteiger partial charge in [-0.3, -0.25) is 9.48 Å². The molecule has 0 bridgehead atoms. The molecule has 6 nitrogen and oxygen atoms in total. The smallest absolute Gasteiger partial charge is 0.329 e. The number of carbonyl (C=O) groups excluding carboxylic acids is 1. The van der Waals surface area contributed by atoms with Crippen LogP contribution in [0, 0.1) is 19.8 Å². The minimum atomic E-state index is -1.12. The maximum absolute atomic E-state index is 12.8. The van der Waals surface area contributed by atoms with Gasteiger partial charge in [-0.15, -0.1) is 0 Å². The molecule has 1 unspecified atom stereocenters. The summed E-state index contributed by atoms with van der Waals surface area (Å²) in [5.41, 5.74) is 1.52. The lowest BCUT2D eigenvalue weighted by Gasteiger charge is -2.37. The van der Waals surface area contributed by atoms with Crippen molar-refractivity contribution in [1.82, 2.24) is 15.1 Å². The largest absolute Gasteiger partial charge is 0.480 e. The van der Waals surface area contributed by atoms with E-state index in [1.165, 1.54) is 0 Å². The molecule has 1 amide bonds. The van der Waals surface area contributed by atoms with E-state index < -0.39 is 17.4 Å². The summed E-state index contributed by atoms with van der Waals surface area (Å²) < 4.78 is 1.76. The van der Waals surface area contributed by atoms with Crippen LogP contribution in [0.5, 0.6) is 0 Å². The summed E-state index contributed by atoms with van der Waals surface area (Å²) in [6.07, 6.45) is 3.77. The molecular formula is C18H29N3O3. The molecule has 1 heterocycles. The van der Waals surface area contributed by atoms with Gasteiger partial charge in [0.2, 0.25) is 5.91 Å². The normalized spacial score (nSPS) is 25.3. The summed E-state index contributed by atoms with van der Waals surface area (Å²) in [6, 6.07) is 0. The number of carbonyl (C=O) groups is 2. The predicted molar refractivity (Wildman–Crippen MR) is 91.9 cm³/mol. The quantitative estimate of drug-likeness (QED) is 0.866. The predicted octanol–water partition coefficient (Wildman–Crippen LogP) is 2.68. The number of hydrogen-bond donors (Lipinski definition) is 2. The highest BCUT2D eigenvalue weighted by molar-refractivity contribution is 5.90. The van der Waals surface area contributed by atoms with E-state index in [1.54, 1.807) is 4.68 Å². The highest BCUT2D eigenvalue weighted by atomic mass is 16.4. The molecule has 0 radical (unpaired) electrons. The molecule has 0 spiro atoms. The Hall–Kier alpha value is -1.85. The molecule has 1 aromatic rings. The van der Waals surface area contributed by atoms with Crippen molar-refractivity contribution in [3.05, 3.63) is 17.0 Å². The van der Waals surface area contributed by atoms with Gasteiger partial charge in [-0.05, 0) is 52.4 Å². The van der Waals surface area contributed by atoms with Gasteiger partial charge in [0.25, 0.3) is 0 Å². The summed E-state index contributed by atoms with van der Waals surface area (Å²) in [4.78, 5) is 24.6.